The summed E-state index contributed by atoms with van der Waals surface area (Å²) in [6.07, 6.45) is 3.55. The number of piperidine rings is 1. The highest BCUT2D eigenvalue weighted by Crippen LogP contribution is 2.20. The van der Waals surface area contributed by atoms with E-state index in [0.29, 0.717) is 19.1 Å². The molecule has 0 aromatic heterocycles. The standard InChI is InChI=1S/C16H26N4O2S/c1-23(21,22)20-13-11-18(12-14-20)16-7-9-19(10-8-16)17-15-5-3-2-4-6-15/h2-6,16-17H,7-14H2,1H3. The number of nitrogens with zero attached hydrogens (tertiary/aromatic N) is 3. The molecule has 1 aromatic rings. The quantitative estimate of drug-likeness (QED) is 0.889. The minimum absolute atomic E-state index is 0.575. The van der Waals surface area contributed by atoms with Gasteiger partial charge in [0, 0.05) is 51.0 Å². The Balaban J connectivity index is 1.45. The lowest BCUT2D eigenvalue weighted by molar-refractivity contribution is 0.0890. The summed E-state index contributed by atoms with van der Waals surface area (Å²) in [5.41, 5.74) is 4.59. The summed E-state index contributed by atoms with van der Waals surface area (Å²) in [5, 5.41) is 2.28. The van der Waals surface area contributed by atoms with Gasteiger partial charge in [-0.1, -0.05) is 18.2 Å². The molecule has 0 radical (unpaired) electrons. The largest absolute Gasteiger partial charge is 0.319 e. The molecule has 0 amide bonds. The first-order chi connectivity index (χ1) is 11.0. The lowest BCUT2D eigenvalue weighted by atomic mass is 10.0. The summed E-state index contributed by atoms with van der Waals surface area (Å²) >= 11 is 0. The van der Waals surface area contributed by atoms with Gasteiger partial charge in [0.15, 0.2) is 0 Å². The van der Waals surface area contributed by atoms with E-state index in [9.17, 15) is 8.42 Å². The van der Waals surface area contributed by atoms with E-state index in [-0.39, 0.29) is 0 Å². The average Bonchev–Trinajstić information content (AvgIpc) is 2.56. The van der Waals surface area contributed by atoms with Gasteiger partial charge in [0.1, 0.15) is 0 Å². The van der Waals surface area contributed by atoms with Crippen LogP contribution in [0.15, 0.2) is 30.3 Å². The van der Waals surface area contributed by atoms with Gasteiger partial charge >= 0.3 is 0 Å². The Morgan fingerprint density at radius 2 is 1.57 bits per heavy atom. The third-order valence-electron chi connectivity index (χ3n) is 4.78. The first-order valence-electron chi connectivity index (χ1n) is 8.28. The molecule has 1 N–H and O–H groups in total. The van der Waals surface area contributed by atoms with Gasteiger partial charge in [-0.3, -0.25) is 4.90 Å². The van der Waals surface area contributed by atoms with Crippen molar-refractivity contribution >= 4 is 15.7 Å². The first-order valence-corrected chi connectivity index (χ1v) is 10.1. The number of para-hydroxylation sites is 1. The Bertz CT molecular complexity index is 592. The molecule has 2 aliphatic heterocycles. The van der Waals surface area contributed by atoms with Crippen LogP contribution < -0.4 is 5.43 Å². The molecular formula is C16H26N4O2S. The zero-order valence-corrected chi connectivity index (χ0v) is 14.5. The highest BCUT2D eigenvalue weighted by Gasteiger charge is 2.29. The van der Waals surface area contributed by atoms with Crippen LogP contribution in [0.5, 0.6) is 0 Å². The third-order valence-corrected chi connectivity index (χ3v) is 6.09. The SMILES string of the molecule is CS(=O)(=O)N1CCN(C2CCN(Nc3ccccc3)CC2)CC1. The number of hydrogen-bond donors (Lipinski definition) is 1. The van der Waals surface area contributed by atoms with Gasteiger partial charge < -0.3 is 5.43 Å². The maximum Gasteiger partial charge on any atom is 0.211 e. The number of piperazine rings is 1. The topological polar surface area (TPSA) is 55.9 Å². The van der Waals surface area contributed by atoms with Crippen LogP contribution in [0.3, 0.4) is 0 Å². The number of sulfonamides is 1. The molecule has 7 heteroatoms. The number of hydrazine groups is 1. The maximum absolute atomic E-state index is 11.6. The molecular weight excluding hydrogens is 312 g/mol. The molecule has 1 aromatic carbocycles. The van der Waals surface area contributed by atoms with Gasteiger partial charge in [0.2, 0.25) is 10.0 Å². The maximum atomic E-state index is 11.6. The van der Waals surface area contributed by atoms with Crippen molar-refractivity contribution in [2.24, 2.45) is 0 Å². The molecule has 2 fully saturated rings. The molecule has 0 saturated carbocycles. The van der Waals surface area contributed by atoms with Crippen LogP contribution in [0.4, 0.5) is 5.69 Å². The van der Waals surface area contributed by atoms with Crippen molar-refractivity contribution in [2.75, 3.05) is 51.0 Å². The summed E-state index contributed by atoms with van der Waals surface area (Å²) < 4.78 is 24.7. The second-order valence-electron chi connectivity index (χ2n) is 6.39. The van der Waals surface area contributed by atoms with Crippen molar-refractivity contribution in [1.29, 1.82) is 0 Å². The number of benzene rings is 1. The van der Waals surface area contributed by atoms with Crippen molar-refractivity contribution in [3.8, 4) is 0 Å². The molecule has 0 aliphatic carbocycles. The summed E-state index contributed by atoms with van der Waals surface area (Å²) in [6.45, 7) is 4.99. The van der Waals surface area contributed by atoms with Gasteiger partial charge in [-0.2, -0.15) is 4.31 Å². The van der Waals surface area contributed by atoms with E-state index >= 15 is 0 Å². The Labute approximate surface area is 139 Å². The van der Waals surface area contributed by atoms with E-state index in [0.717, 1.165) is 44.7 Å². The Morgan fingerprint density at radius 1 is 0.957 bits per heavy atom. The van der Waals surface area contributed by atoms with Crippen molar-refractivity contribution < 1.29 is 8.42 Å². The molecule has 2 heterocycles. The van der Waals surface area contributed by atoms with E-state index in [1.54, 1.807) is 4.31 Å². The molecule has 0 unspecified atom stereocenters. The first kappa shape index (κ1) is 16.7. The zero-order valence-electron chi connectivity index (χ0n) is 13.7. The lowest BCUT2D eigenvalue weighted by Gasteiger charge is -2.42. The van der Waals surface area contributed by atoms with Gasteiger partial charge in [-0.15, -0.1) is 0 Å². The fourth-order valence-corrected chi connectivity index (χ4v) is 4.27. The summed E-state index contributed by atoms with van der Waals surface area (Å²) in [7, 11) is -3.03. The normalized spacial score (nSPS) is 23.0. The van der Waals surface area contributed by atoms with Gasteiger partial charge in [-0.05, 0) is 25.0 Å². The van der Waals surface area contributed by atoms with E-state index in [1.165, 1.54) is 6.26 Å². The fourth-order valence-electron chi connectivity index (χ4n) is 3.44. The van der Waals surface area contributed by atoms with Gasteiger partial charge in [0.05, 0.1) is 6.26 Å². The van der Waals surface area contributed by atoms with Crippen LogP contribution in [0.25, 0.3) is 0 Å². The summed E-state index contributed by atoms with van der Waals surface area (Å²) in [5.74, 6) is 0. The molecule has 6 nitrogen and oxygen atoms in total. The molecule has 3 rings (SSSR count). The van der Waals surface area contributed by atoms with Crippen molar-refractivity contribution in [3.63, 3.8) is 0 Å². The number of hydrogen-bond acceptors (Lipinski definition) is 5. The third kappa shape index (κ3) is 4.44. The molecule has 2 saturated heterocycles. The van der Waals surface area contributed by atoms with E-state index in [2.05, 4.69) is 27.5 Å². The lowest BCUT2D eigenvalue weighted by Crippen LogP contribution is -2.54. The predicted molar refractivity (Wildman–Crippen MR) is 92.6 cm³/mol. The highest BCUT2D eigenvalue weighted by molar-refractivity contribution is 7.88. The van der Waals surface area contributed by atoms with Crippen molar-refractivity contribution in [3.05, 3.63) is 30.3 Å². The van der Waals surface area contributed by atoms with E-state index in [4.69, 9.17) is 0 Å². The Morgan fingerprint density at radius 3 is 2.13 bits per heavy atom. The smallest absolute Gasteiger partial charge is 0.211 e. The van der Waals surface area contributed by atoms with Crippen LogP contribution in [0.2, 0.25) is 0 Å². The predicted octanol–water partition coefficient (Wildman–Crippen LogP) is 1.06. The van der Waals surface area contributed by atoms with E-state index in [1.807, 2.05) is 18.2 Å². The Kier molecular flexibility index (Phi) is 5.21. The Hall–Kier alpha value is -1.15. The zero-order chi connectivity index (χ0) is 16.3. The molecule has 23 heavy (non-hydrogen) atoms. The van der Waals surface area contributed by atoms with Crippen molar-refractivity contribution in [1.82, 2.24) is 14.2 Å². The minimum Gasteiger partial charge on any atom is -0.319 e. The monoisotopic (exact) mass is 338 g/mol. The van der Waals surface area contributed by atoms with Crippen LogP contribution >= 0.6 is 0 Å². The molecule has 0 atom stereocenters. The van der Waals surface area contributed by atoms with Crippen LogP contribution in [-0.2, 0) is 10.0 Å². The van der Waals surface area contributed by atoms with Crippen molar-refractivity contribution in [2.45, 2.75) is 18.9 Å². The molecule has 0 bridgehead atoms. The number of nitrogens with one attached hydrogen (secondary N) is 1. The summed E-state index contributed by atoms with van der Waals surface area (Å²) in [4.78, 5) is 2.46. The average molecular weight is 338 g/mol. The van der Waals surface area contributed by atoms with Crippen LogP contribution in [-0.4, -0.2) is 74.2 Å². The minimum atomic E-state index is -3.03. The molecule has 2 aliphatic rings. The number of rotatable bonds is 4. The highest BCUT2D eigenvalue weighted by atomic mass is 32.2. The second-order valence-corrected chi connectivity index (χ2v) is 8.38. The molecule has 0 spiro atoms. The molecule has 128 valence electrons. The van der Waals surface area contributed by atoms with Gasteiger partial charge in [0.25, 0.3) is 0 Å². The fraction of sp³-hybridized carbons (Fsp3) is 0.625. The second kappa shape index (κ2) is 7.17. The number of anilines is 1. The van der Waals surface area contributed by atoms with E-state index < -0.39 is 10.0 Å². The van der Waals surface area contributed by atoms with Gasteiger partial charge in [-0.25, -0.2) is 13.4 Å². The van der Waals surface area contributed by atoms with Crippen LogP contribution in [0.1, 0.15) is 12.8 Å². The van der Waals surface area contributed by atoms with Crippen LogP contribution in [0, 0.1) is 0 Å². The summed E-state index contributed by atoms with van der Waals surface area (Å²) in [6, 6.07) is 10.8.